The van der Waals surface area contributed by atoms with Crippen molar-refractivity contribution in [2.75, 3.05) is 31.0 Å². The van der Waals surface area contributed by atoms with Crippen LogP contribution in [-0.2, 0) is 15.0 Å². The lowest BCUT2D eigenvalue weighted by Gasteiger charge is -2.34. The number of hydrogen-bond donors (Lipinski definition) is 2. The summed E-state index contributed by atoms with van der Waals surface area (Å²) in [7, 11) is -3.82. The van der Waals surface area contributed by atoms with Crippen LogP contribution in [0, 0.1) is 5.92 Å². The second-order valence-electron chi connectivity index (χ2n) is 7.83. The molecule has 10 heteroatoms. The van der Waals surface area contributed by atoms with Crippen molar-refractivity contribution in [2.24, 2.45) is 16.0 Å². The molecule has 0 amide bonds. The third-order valence-corrected chi connectivity index (χ3v) is 6.49. The van der Waals surface area contributed by atoms with E-state index in [1.165, 1.54) is 0 Å². The number of aldehydes is 1. The van der Waals surface area contributed by atoms with Crippen molar-refractivity contribution in [1.29, 1.82) is 0 Å². The number of ether oxygens (including phenoxy) is 1. The molecule has 1 aromatic heterocycles. The maximum Gasteiger partial charge on any atom is 0.344 e. The van der Waals surface area contributed by atoms with Crippen LogP contribution < -0.4 is 15.2 Å². The zero-order valence-corrected chi connectivity index (χ0v) is 17.8. The van der Waals surface area contributed by atoms with Crippen molar-refractivity contribution in [2.45, 2.75) is 18.8 Å². The molecule has 0 bridgehead atoms. The van der Waals surface area contributed by atoms with Crippen LogP contribution in [-0.4, -0.2) is 56.7 Å². The third-order valence-electron chi connectivity index (χ3n) is 5.57. The van der Waals surface area contributed by atoms with Gasteiger partial charge in [-0.2, -0.15) is 8.42 Å². The zero-order chi connectivity index (χ0) is 21.8. The number of likely N-dealkylation sites (tertiary alicyclic amines) is 1. The summed E-state index contributed by atoms with van der Waals surface area (Å²) in [6, 6.07) is 8.85. The summed E-state index contributed by atoms with van der Waals surface area (Å²) in [4.78, 5) is 18.0. The molecule has 31 heavy (non-hydrogen) atoms. The standard InChI is InChI=1S/C21H25N5O4S/c22-21-20-18(24-31(28,29)25-21)4-1-5-19(20)30-14-15-3-2-10-26(11-15)12-17(13-27)16-6-8-23-9-7-16/h1,4-9,13,15,17,24H,2-3,10-12,14H2,(H2,22,25)/t15-,17?/m0/s1. The maximum absolute atomic E-state index is 11.7. The smallest absolute Gasteiger partial charge is 0.344 e. The highest BCUT2D eigenvalue weighted by atomic mass is 32.2. The Bertz CT molecular complexity index is 1070. The molecular formula is C21H25N5O4S. The minimum Gasteiger partial charge on any atom is -0.492 e. The normalized spacial score (nSPS) is 21.3. The van der Waals surface area contributed by atoms with Crippen LogP contribution in [0.5, 0.6) is 5.75 Å². The van der Waals surface area contributed by atoms with E-state index in [1.54, 1.807) is 30.6 Å². The third kappa shape index (κ3) is 5.02. The van der Waals surface area contributed by atoms with E-state index in [9.17, 15) is 13.2 Å². The van der Waals surface area contributed by atoms with E-state index in [0.717, 1.165) is 37.8 Å². The van der Waals surface area contributed by atoms with Crippen LogP contribution >= 0.6 is 0 Å². The molecular weight excluding hydrogens is 418 g/mol. The highest BCUT2D eigenvalue weighted by Gasteiger charge is 2.26. The summed E-state index contributed by atoms with van der Waals surface area (Å²) in [6.07, 6.45) is 6.44. The van der Waals surface area contributed by atoms with Gasteiger partial charge in [-0.1, -0.05) is 6.07 Å². The molecule has 1 aromatic carbocycles. The number of pyridine rings is 1. The number of aromatic nitrogens is 1. The highest BCUT2D eigenvalue weighted by Crippen LogP contribution is 2.31. The molecule has 2 aliphatic rings. The predicted octanol–water partition coefficient (Wildman–Crippen LogP) is 1.53. The minimum absolute atomic E-state index is 0.0826. The molecule has 0 aliphatic carbocycles. The zero-order valence-electron chi connectivity index (χ0n) is 17.0. The molecule has 0 spiro atoms. The summed E-state index contributed by atoms with van der Waals surface area (Å²) in [5, 5.41) is 0. The van der Waals surface area contributed by atoms with Gasteiger partial charge in [0.2, 0.25) is 0 Å². The number of carbonyl (C=O) groups excluding carboxylic acids is 1. The summed E-state index contributed by atoms with van der Waals surface area (Å²) in [6.45, 7) is 2.88. The Labute approximate surface area is 181 Å². The molecule has 1 saturated heterocycles. The lowest BCUT2D eigenvalue weighted by Crippen LogP contribution is -2.40. The first-order valence-corrected chi connectivity index (χ1v) is 11.6. The van der Waals surface area contributed by atoms with Crippen molar-refractivity contribution in [3.05, 3.63) is 53.9 Å². The maximum atomic E-state index is 11.7. The van der Waals surface area contributed by atoms with Gasteiger partial charge in [-0.3, -0.25) is 9.71 Å². The molecule has 1 fully saturated rings. The number of rotatable bonds is 7. The molecule has 2 aromatic rings. The fourth-order valence-corrected chi connectivity index (χ4v) is 4.96. The molecule has 9 nitrogen and oxygen atoms in total. The van der Waals surface area contributed by atoms with E-state index in [1.807, 2.05) is 12.1 Å². The van der Waals surface area contributed by atoms with Crippen molar-refractivity contribution in [1.82, 2.24) is 9.88 Å². The van der Waals surface area contributed by atoms with E-state index >= 15 is 0 Å². The Kier molecular flexibility index (Phi) is 6.19. The van der Waals surface area contributed by atoms with Crippen LogP contribution in [0.15, 0.2) is 47.1 Å². The van der Waals surface area contributed by atoms with Crippen molar-refractivity contribution < 1.29 is 17.9 Å². The van der Waals surface area contributed by atoms with Gasteiger partial charge in [-0.25, -0.2) is 0 Å². The fraction of sp³-hybridized carbons (Fsp3) is 0.381. The van der Waals surface area contributed by atoms with Crippen LogP contribution in [0.25, 0.3) is 0 Å². The average molecular weight is 444 g/mol. The summed E-state index contributed by atoms with van der Waals surface area (Å²) < 4.78 is 35.4. The molecule has 0 saturated carbocycles. The molecule has 164 valence electrons. The van der Waals surface area contributed by atoms with E-state index < -0.39 is 10.2 Å². The van der Waals surface area contributed by atoms with Gasteiger partial charge in [0.05, 0.1) is 23.8 Å². The first-order valence-electron chi connectivity index (χ1n) is 10.2. The number of nitrogens with two attached hydrogens (primary N) is 1. The number of hydrogen-bond acceptors (Lipinski definition) is 7. The van der Waals surface area contributed by atoms with E-state index in [-0.39, 0.29) is 17.7 Å². The number of nitrogens with zero attached hydrogens (tertiary/aromatic N) is 3. The first kappa shape index (κ1) is 21.3. The number of amidine groups is 1. The second kappa shape index (κ2) is 9.03. The molecule has 3 heterocycles. The van der Waals surface area contributed by atoms with Gasteiger partial charge in [0.25, 0.3) is 0 Å². The Balaban J connectivity index is 1.40. The number of anilines is 1. The van der Waals surface area contributed by atoms with Gasteiger partial charge in [0.15, 0.2) is 5.84 Å². The molecule has 4 rings (SSSR count). The molecule has 3 N–H and O–H groups in total. The lowest BCUT2D eigenvalue weighted by atomic mass is 9.95. The van der Waals surface area contributed by atoms with E-state index in [4.69, 9.17) is 10.5 Å². The Morgan fingerprint density at radius 2 is 2.10 bits per heavy atom. The van der Waals surface area contributed by atoms with Crippen molar-refractivity contribution >= 4 is 28.0 Å². The first-order chi connectivity index (χ1) is 14.9. The SMILES string of the molecule is NC1=NS(=O)(=O)Nc2cccc(OC[C@H]3CCCN(CC(C=O)c4ccncc4)C3)c21. The average Bonchev–Trinajstić information content (AvgIpc) is 2.76. The van der Waals surface area contributed by atoms with E-state index in [0.29, 0.717) is 30.2 Å². The van der Waals surface area contributed by atoms with Gasteiger partial charge < -0.3 is 20.2 Å². The van der Waals surface area contributed by atoms with Crippen LogP contribution in [0.3, 0.4) is 0 Å². The number of carbonyl (C=O) groups is 1. The second-order valence-corrected chi connectivity index (χ2v) is 9.17. The monoisotopic (exact) mass is 443 g/mol. The summed E-state index contributed by atoms with van der Waals surface area (Å²) >= 11 is 0. The van der Waals surface area contributed by atoms with Gasteiger partial charge in [0.1, 0.15) is 12.0 Å². The van der Waals surface area contributed by atoms with Gasteiger partial charge >= 0.3 is 10.2 Å². The fourth-order valence-electron chi connectivity index (χ4n) is 4.11. The minimum atomic E-state index is -3.82. The van der Waals surface area contributed by atoms with Crippen molar-refractivity contribution in [3.63, 3.8) is 0 Å². The van der Waals surface area contributed by atoms with Gasteiger partial charge in [-0.15, -0.1) is 4.40 Å². The Hall–Kier alpha value is -2.98. The number of piperidine rings is 1. The molecule has 1 unspecified atom stereocenters. The largest absolute Gasteiger partial charge is 0.492 e. The number of fused-ring (bicyclic) bond motifs is 1. The number of nitrogens with one attached hydrogen (secondary N) is 1. The highest BCUT2D eigenvalue weighted by molar-refractivity contribution is 7.91. The Morgan fingerprint density at radius 1 is 1.29 bits per heavy atom. The quantitative estimate of drug-likeness (QED) is 0.621. The van der Waals surface area contributed by atoms with Crippen LogP contribution in [0.4, 0.5) is 5.69 Å². The van der Waals surface area contributed by atoms with Crippen molar-refractivity contribution in [3.8, 4) is 5.75 Å². The predicted molar refractivity (Wildman–Crippen MR) is 117 cm³/mol. The lowest BCUT2D eigenvalue weighted by molar-refractivity contribution is -0.109. The summed E-state index contributed by atoms with van der Waals surface area (Å²) in [5.41, 5.74) is 7.68. The Morgan fingerprint density at radius 3 is 2.87 bits per heavy atom. The summed E-state index contributed by atoms with van der Waals surface area (Å²) in [5.74, 6) is 0.516. The van der Waals surface area contributed by atoms with Crippen LogP contribution in [0.1, 0.15) is 29.9 Å². The topological polar surface area (TPSA) is 127 Å². The molecule has 2 aliphatic heterocycles. The van der Waals surface area contributed by atoms with Crippen LogP contribution in [0.2, 0.25) is 0 Å². The molecule has 0 radical (unpaired) electrons. The van der Waals surface area contributed by atoms with Gasteiger partial charge in [-0.05, 0) is 49.2 Å². The number of benzene rings is 1. The molecule has 2 atom stereocenters. The van der Waals surface area contributed by atoms with Gasteiger partial charge in [0, 0.05) is 31.4 Å². The van der Waals surface area contributed by atoms with E-state index in [2.05, 4.69) is 19.0 Å².